The fourth-order valence-corrected chi connectivity index (χ4v) is 2.08. The predicted molar refractivity (Wildman–Crippen MR) is 62.3 cm³/mol. The van der Waals surface area contributed by atoms with E-state index in [4.69, 9.17) is 4.74 Å². The first-order valence-corrected chi connectivity index (χ1v) is 6.15. The molecule has 2 heterocycles. The van der Waals surface area contributed by atoms with E-state index in [2.05, 4.69) is 15.3 Å². The maximum Gasteiger partial charge on any atom is 0.316 e. The summed E-state index contributed by atoms with van der Waals surface area (Å²) in [4.78, 5) is 7.48. The van der Waals surface area contributed by atoms with E-state index in [1.807, 2.05) is 0 Å². The second-order valence-corrected chi connectivity index (χ2v) is 4.39. The number of ether oxygens (including phenoxy) is 1. The zero-order valence-corrected chi connectivity index (χ0v) is 9.86. The number of hydrogen-bond acceptors (Lipinski definition) is 4. The van der Waals surface area contributed by atoms with Gasteiger partial charge in [0.2, 0.25) is 0 Å². The first-order valence-electron chi connectivity index (χ1n) is 6.15. The van der Waals surface area contributed by atoms with E-state index < -0.39 is 5.82 Å². The van der Waals surface area contributed by atoms with Crippen molar-refractivity contribution in [1.29, 1.82) is 0 Å². The third kappa shape index (κ3) is 4.26. The summed E-state index contributed by atoms with van der Waals surface area (Å²) in [7, 11) is 0. The summed E-state index contributed by atoms with van der Waals surface area (Å²) in [5.41, 5.74) is 0. The van der Waals surface area contributed by atoms with Crippen LogP contribution < -0.4 is 10.1 Å². The van der Waals surface area contributed by atoms with Crippen molar-refractivity contribution >= 4 is 0 Å². The van der Waals surface area contributed by atoms with Gasteiger partial charge >= 0.3 is 6.01 Å². The number of hydrogen-bond donors (Lipinski definition) is 1. The summed E-state index contributed by atoms with van der Waals surface area (Å²) in [6.45, 7) is 2.87. The van der Waals surface area contributed by atoms with E-state index in [0.717, 1.165) is 44.2 Å². The van der Waals surface area contributed by atoms with Gasteiger partial charge < -0.3 is 10.1 Å². The van der Waals surface area contributed by atoms with Crippen molar-refractivity contribution < 1.29 is 9.13 Å². The number of piperidine rings is 1. The van der Waals surface area contributed by atoms with Crippen molar-refractivity contribution in [3.63, 3.8) is 0 Å². The molecule has 2 rings (SSSR count). The minimum atomic E-state index is -0.439. The molecule has 0 saturated carbocycles. The fourth-order valence-electron chi connectivity index (χ4n) is 2.08. The maximum atomic E-state index is 12.5. The van der Waals surface area contributed by atoms with Crippen LogP contribution in [0.4, 0.5) is 4.39 Å². The molecule has 0 spiro atoms. The molecule has 94 valence electrons. The lowest BCUT2D eigenvalue weighted by atomic mass is 9.95. The third-order valence-electron chi connectivity index (χ3n) is 2.98. The van der Waals surface area contributed by atoms with E-state index in [1.54, 1.807) is 0 Å². The Kier molecular flexibility index (Phi) is 4.67. The minimum absolute atomic E-state index is 0.258. The first-order chi connectivity index (χ1) is 8.34. The second-order valence-electron chi connectivity index (χ2n) is 4.39. The number of rotatable bonds is 5. The van der Waals surface area contributed by atoms with Gasteiger partial charge in [-0.15, -0.1) is 0 Å². The number of nitrogens with zero attached hydrogens (tertiary/aromatic N) is 2. The molecule has 5 heteroatoms. The van der Waals surface area contributed by atoms with Crippen molar-refractivity contribution in [3.8, 4) is 6.01 Å². The zero-order chi connectivity index (χ0) is 11.9. The largest absolute Gasteiger partial charge is 0.463 e. The van der Waals surface area contributed by atoms with Crippen LogP contribution in [0.5, 0.6) is 6.01 Å². The summed E-state index contributed by atoms with van der Waals surface area (Å²) in [5.74, 6) is 0.326. The molecule has 1 aliphatic heterocycles. The van der Waals surface area contributed by atoms with Crippen LogP contribution in [-0.2, 0) is 0 Å². The highest BCUT2D eigenvalue weighted by atomic mass is 19.1. The average Bonchev–Trinajstić information content (AvgIpc) is 2.38. The predicted octanol–water partition coefficient (Wildman–Crippen LogP) is 1.77. The summed E-state index contributed by atoms with van der Waals surface area (Å²) in [5, 5.41) is 3.39. The van der Waals surface area contributed by atoms with Crippen LogP contribution in [0, 0.1) is 11.7 Å². The van der Waals surface area contributed by atoms with Crippen LogP contribution in [0.1, 0.15) is 25.7 Å². The molecule has 1 aromatic rings. The van der Waals surface area contributed by atoms with Gasteiger partial charge in [-0.05, 0) is 44.7 Å². The molecule has 17 heavy (non-hydrogen) atoms. The minimum Gasteiger partial charge on any atom is -0.463 e. The van der Waals surface area contributed by atoms with E-state index in [-0.39, 0.29) is 6.01 Å². The van der Waals surface area contributed by atoms with Gasteiger partial charge in [0.1, 0.15) is 0 Å². The summed E-state index contributed by atoms with van der Waals surface area (Å²) < 4.78 is 17.9. The van der Waals surface area contributed by atoms with Gasteiger partial charge in [-0.2, -0.15) is 0 Å². The Hall–Kier alpha value is -1.23. The van der Waals surface area contributed by atoms with Crippen LogP contribution in [0.15, 0.2) is 12.4 Å². The molecule has 1 aliphatic rings. The quantitative estimate of drug-likeness (QED) is 0.796. The van der Waals surface area contributed by atoms with Crippen LogP contribution in [0.25, 0.3) is 0 Å². The lowest BCUT2D eigenvalue weighted by Crippen LogP contribution is -2.29. The molecule has 0 amide bonds. The topological polar surface area (TPSA) is 47.0 Å². The maximum absolute atomic E-state index is 12.5. The van der Waals surface area contributed by atoms with Gasteiger partial charge in [0.25, 0.3) is 0 Å². The molecule has 0 radical (unpaired) electrons. The van der Waals surface area contributed by atoms with Crippen molar-refractivity contribution in [3.05, 3.63) is 18.2 Å². The standard InChI is InChI=1S/C12H18FN3O/c13-11-8-15-12(16-9-11)17-6-2-4-10-3-1-5-14-7-10/h8-10,14H,1-7H2/t10-/m1/s1. The van der Waals surface area contributed by atoms with E-state index in [9.17, 15) is 4.39 Å². The van der Waals surface area contributed by atoms with Gasteiger partial charge in [-0.1, -0.05) is 0 Å². The molecule has 1 N–H and O–H groups in total. The highest BCUT2D eigenvalue weighted by molar-refractivity contribution is 4.95. The molecule has 0 aliphatic carbocycles. The van der Waals surface area contributed by atoms with E-state index in [0.29, 0.717) is 6.61 Å². The van der Waals surface area contributed by atoms with Gasteiger partial charge in [-0.3, -0.25) is 0 Å². The monoisotopic (exact) mass is 239 g/mol. The molecular weight excluding hydrogens is 221 g/mol. The SMILES string of the molecule is Fc1cnc(OCCC[C@H]2CCCNC2)nc1. The molecule has 4 nitrogen and oxygen atoms in total. The molecule has 1 saturated heterocycles. The number of nitrogens with one attached hydrogen (secondary N) is 1. The average molecular weight is 239 g/mol. The van der Waals surface area contributed by atoms with Gasteiger partial charge in [0, 0.05) is 0 Å². The lowest BCUT2D eigenvalue weighted by molar-refractivity contribution is 0.259. The Morgan fingerprint density at radius 2 is 2.24 bits per heavy atom. The smallest absolute Gasteiger partial charge is 0.316 e. The van der Waals surface area contributed by atoms with Crippen LogP contribution >= 0.6 is 0 Å². The highest BCUT2D eigenvalue weighted by Gasteiger charge is 2.12. The lowest BCUT2D eigenvalue weighted by Gasteiger charge is -2.22. The zero-order valence-electron chi connectivity index (χ0n) is 9.86. The molecule has 0 bridgehead atoms. The van der Waals surface area contributed by atoms with Gasteiger partial charge in [0.05, 0.1) is 19.0 Å². The third-order valence-corrected chi connectivity index (χ3v) is 2.98. The summed E-state index contributed by atoms with van der Waals surface area (Å²) in [6, 6.07) is 0.258. The van der Waals surface area contributed by atoms with E-state index in [1.165, 1.54) is 12.8 Å². The Morgan fingerprint density at radius 3 is 2.94 bits per heavy atom. The second kappa shape index (κ2) is 6.49. The van der Waals surface area contributed by atoms with Crippen molar-refractivity contribution in [2.24, 2.45) is 5.92 Å². The van der Waals surface area contributed by atoms with Crippen LogP contribution in [-0.4, -0.2) is 29.7 Å². The Labute approximate surface area is 101 Å². The Bertz CT molecular complexity index is 325. The van der Waals surface area contributed by atoms with E-state index >= 15 is 0 Å². The molecule has 1 fully saturated rings. The molecule has 1 atom stereocenters. The Balaban J connectivity index is 1.60. The van der Waals surface area contributed by atoms with Gasteiger partial charge in [0.15, 0.2) is 5.82 Å². The molecule has 0 aromatic carbocycles. The first kappa shape index (κ1) is 12.2. The Morgan fingerprint density at radius 1 is 1.41 bits per heavy atom. The molecule has 1 aromatic heterocycles. The van der Waals surface area contributed by atoms with Crippen molar-refractivity contribution in [1.82, 2.24) is 15.3 Å². The van der Waals surface area contributed by atoms with Crippen molar-refractivity contribution in [2.45, 2.75) is 25.7 Å². The number of aromatic nitrogens is 2. The normalized spacial score (nSPS) is 20.2. The summed E-state index contributed by atoms with van der Waals surface area (Å²) in [6.07, 6.45) is 6.97. The highest BCUT2D eigenvalue weighted by Crippen LogP contribution is 2.15. The summed E-state index contributed by atoms with van der Waals surface area (Å²) >= 11 is 0. The van der Waals surface area contributed by atoms with Crippen LogP contribution in [0.2, 0.25) is 0 Å². The molecule has 0 unspecified atom stereocenters. The van der Waals surface area contributed by atoms with Crippen molar-refractivity contribution in [2.75, 3.05) is 19.7 Å². The fraction of sp³-hybridized carbons (Fsp3) is 0.667. The number of halogens is 1. The van der Waals surface area contributed by atoms with Gasteiger partial charge in [-0.25, -0.2) is 14.4 Å². The molecular formula is C12H18FN3O. The van der Waals surface area contributed by atoms with Crippen LogP contribution in [0.3, 0.4) is 0 Å².